The highest BCUT2D eigenvalue weighted by atomic mass is 79.9. The number of nitrogens with one attached hydrogen (secondary N) is 1. The molecule has 1 unspecified atom stereocenters. The summed E-state index contributed by atoms with van der Waals surface area (Å²) >= 11 is 9.56. The van der Waals surface area contributed by atoms with Crippen molar-refractivity contribution in [2.24, 2.45) is 0 Å². The molecule has 0 bridgehead atoms. The monoisotopic (exact) mass is 337 g/mol. The van der Waals surface area contributed by atoms with Crippen LogP contribution in [0.2, 0.25) is 5.02 Å². The standard InChI is InChI=1S/C16H17BrClN/c1-11-9-14(18)8-7-13(11)10-19-12(2)15-5-3-4-6-16(15)17/h3-9,12,19H,10H2,1-2H3. The van der Waals surface area contributed by atoms with Crippen molar-refractivity contribution < 1.29 is 0 Å². The Kier molecular flexibility index (Phi) is 5.03. The SMILES string of the molecule is Cc1cc(Cl)ccc1CNC(C)c1ccccc1Br. The molecule has 0 spiro atoms. The zero-order valence-electron chi connectivity index (χ0n) is 11.1. The Balaban J connectivity index is 2.04. The highest BCUT2D eigenvalue weighted by molar-refractivity contribution is 9.10. The minimum atomic E-state index is 0.297. The Morgan fingerprint density at radius 2 is 1.95 bits per heavy atom. The van der Waals surface area contributed by atoms with Crippen LogP contribution in [0.4, 0.5) is 0 Å². The van der Waals surface area contributed by atoms with Gasteiger partial charge in [-0.1, -0.05) is 51.8 Å². The molecule has 0 saturated heterocycles. The summed E-state index contributed by atoms with van der Waals surface area (Å²) in [5, 5.41) is 4.33. The van der Waals surface area contributed by atoms with E-state index < -0.39 is 0 Å². The van der Waals surface area contributed by atoms with E-state index in [1.54, 1.807) is 0 Å². The molecule has 0 radical (unpaired) electrons. The molecular weight excluding hydrogens is 322 g/mol. The third-order valence-corrected chi connectivity index (χ3v) is 4.23. The molecule has 0 aromatic heterocycles. The smallest absolute Gasteiger partial charge is 0.0408 e. The van der Waals surface area contributed by atoms with Gasteiger partial charge in [-0.05, 0) is 48.7 Å². The predicted octanol–water partition coefficient (Wildman–Crippen LogP) is 5.26. The largest absolute Gasteiger partial charge is 0.306 e. The first kappa shape index (κ1) is 14.6. The first-order valence-corrected chi connectivity index (χ1v) is 7.48. The normalized spacial score (nSPS) is 12.4. The van der Waals surface area contributed by atoms with E-state index in [1.165, 1.54) is 16.7 Å². The second-order valence-electron chi connectivity index (χ2n) is 4.69. The summed E-state index contributed by atoms with van der Waals surface area (Å²) in [7, 11) is 0. The van der Waals surface area contributed by atoms with Crippen LogP contribution in [0.5, 0.6) is 0 Å². The third kappa shape index (κ3) is 3.82. The topological polar surface area (TPSA) is 12.0 Å². The fourth-order valence-corrected chi connectivity index (χ4v) is 2.91. The summed E-state index contributed by atoms with van der Waals surface area (Å²) in [4.78, 5) is 0. The molecule has 2 aromatic rings. The van der Waals surface area contributed by atoms with Gasteiger partial charge in [-0.3, -0.25) is 0 Å². The molecular formula is C16H17BrClN. The molecule has 0 saturated carbocycles. The fraction of sp³-hybridized carbons (Fsp3) is 0.250. The van der Waals surface area contributed by atoms with Crippen molar-refractivity contribution in [1.82, 2.24) is 5.32 Å². The van der Waals surface area contributed by atoms with Gasteiger partial charge in [-0.2, -0.15) is 0 Å². The van der Waals surface area contributed by atoms with Gasteiger partial charge in [0, 0.05) is 22.1 Å². The summed E-state index contributed by atoms with van der Waals surface area (Å²) in [6, 6.07) is 14.6. The van der Waals surface area contributed by atoms with E-state index in [0.29, 0.717) is 6.04 Å². The minimum Gasteiger partial charge on any atom is -0.306 e. The first-order valence-electron chi connectivity index (χ1n) is 6.31. The molecule has 1 N–H and O–H groups in total. The average Bonchev–Trinajstić information content (AvgIpc) is 2.38. The van der Waals surface area contributed by atoms with Crippen LogP contribution in [0.25, 0.3) is 0 Å². The van der Waals surface area contributed by atoms with E-state index in [9.17, 15) is 0 Å². The second-order valence-corrected chi connectivity index (χ2v) is 5.99. The molecule has 100 valence electrons. The molecule has 19 heavy (non-hydrogen) atoms. The van der Waals surface area contributed by atoms with Crippen molar-refractivity contribution in [3.05, 3.63) is 68.7 Å². The van der Waals surface area contributed by atoms with Crippen LogP contribution in [-0.4, -0.2) is 0 Å². The summed E-state index contributed by atoms with van der Waals surface area (Å²) in [6.45, 7) is 5.10. The van der Waals surface area contributed by atoms with E-state index in [0.717, 1.165) is 16.0 Å². The summed E-state index contributed by atoms with van der Waals surface area (Å²) in [5.74, 6) is 0. The van der Waals surface area contributed by atoms with Crippen LogP contribution in [-0.2, 0) is 6.54 Å². The first-order chi connectivity index (χ1) is 9.08. The fourth-order valence-electron chi connectivity index (χ4n) is 2.06. The Hall–Kier alpha value is -0.830. The zero-order chi connectivity index (χ0) is 13.8. The van der Waals surface area contributed by atoms with Crippen molar-refractivity contribution in [2.75, 3.05) is 0 Å². The van der Waals surface area contributed by atoms with E-state index >= 15 is 0 Å². The molecule has 2 rings (SSSR count). The van der Waals surface area contributed by atoms with Crippen LogP contribution < -0.4 is 5.32 Å². The van der Waals surface area contributed by atoms with E-state index in [-0.39, 0.29) is 0 Å². The van der Waals surface area contributed by atoms with E-state index in [1.807, 2.05) is 18.2 Å². The van der Waals surface area contributed by atoms with Crippen molar-refractivity contribution in [3.63, 3.8) is 0 Å². The Labute approximate surface area is 128 Å². The Morgan fingerprint density at radius 1 is 1.21 bits per heavy atom. The van der Waals surface area contributed by atoms with Gasteiger partial charge in [0.1, 0.15) is 0 Å². The van der Waals surface area contributed by atoms with Crippen molar-refractivity contribution in [1.29, 1.82) is 0 Å². The lowest BCUT2D eigenvalue weighted by molar-refractivity contribution is 0.571. The number of hydrogen-bond acceptors (Lipinski definition) is 1. The molecule has 2 aromatic carbocycles. The number of aryl methyl sites for hydroxylation is 1. The minimum absolute atomic E-state index is 0.297. The van der Waals surface area contributed by atoms with Crippen molar-refractivity contribution in [3.8, 4) is 0 Å². The molecule has 0 heterocycles. The maximum absolute atomic E-state index is 5.97. The van der Waals surface area contributed by atoms with Gasteiger partial charge < -0.3 is 5.32 Å². The maximum Gasteiger partial charge on any atom is 0.0408 e. The molecule has 0 fully saturated rings. The van der Waals surface area contributed by atoms with Crippen LogP contribution in [0.15, 0.2) is 46.9 Å². The molecule has 0 aliphatic carbocycles. The highest BCUT2D eigenvalue weighted by Crippen LogP contribution is 2.23. The lowest BCUT2D eigenvalue weighted by Crippen LogP contribution is -2.19. The molecule has 1 atom stereocenters. The second kappa shape index (κ2) is 6.56. The lowest BCUT2D eigenvalue weighted by Gasteiger charge is -2.17. The van der Waals surface area contributed by atoms with Crippen LogP contribution >= 0.6 is 27.5 Å². The summed E-state index contributed by atoms with van der Waals surface area (Å²) in [6.07, 6.45) is 0. The van der Waals surface area contributed by atoms with Gasteiger partial charge in [0.2, 0.25) is 0 Å². The van der Waals surface area contributed by atoms with Gasteiger partial charge in [-0.25, -0.2) is 0 Å². The predicted molar refractivity (Wildman–Crippen MR) is 85.6 cm³/mol. The maximum atomic E-state index is 5.97. The lowest BCUT2D eigenvalue weighted by atomic mass is 10.1. The molecule has 3 heteroatoms. The van der Waals surface area contributed by atoms with Crippen molar-refractivity contribution >= 4 is 27.5 Å². The highest BCUT2D eigenvalue weighted by Gasteiger charge is 2.08. The Bertz CT molecular complexity index is 568. The van der Waals surface area contributed by atoms with E-state index in [2.05, 4.69) is 59.4 Å². The van der Waals surface area contributed by atoms with Gasteiger partial charge in [0.15, 0.2) is 0 Å². The number of benzene rings is 2. The average molecular weight is 339 g/mol. The van der Waals surface area contributed by atoms with Gasteiger partial charge in [0.25, 0.3) is 0 Å². The summed E-state index contributed by atoms with van der Waals surface area (Å²) in [5.41, 5.74) is 3.77. The van der Waals surface area contributed by atoms with Gasteiger partial charge in [0.05, 0.1) is 0 Å². The van der Waals surface area contributed by atoms with E-state index in [4.69, 9.17) is 11.6 Å². The third-order valence-electron chi connectivity index (χ3n) is 3.28. The zero-order valence-corrected chi connectivity index (χ0v) is 13.4. The summed E-state index contributed by atoms with van der Waals surface area (Å²) < 4.78 is 1.14. The molecule has 0 aliphatic heterocycles. The number of rotatable bonds is 4. The number of hydrogen-bond donors (Lipinski definition) is 1. The molecule has 0 aliphatic rings. The molecule has 1 nitrogen and oxygen atoms in total. The van der Waals surface area contributed by atoms with Crippen molar-refractivity contribution in [2.45, 2.75) is 26.4 Å². The molecule has 0 amide bonds. The Morgan fingerprint density at radius 3 is 2.63 bits per heavy atom. The quantitative estimate of drug-likeness (QED) is 0.801. The van der Waals surface area contributed by atoms with Crippen LogP contribution in [0.1, 0.15) is 29.7 Å². The van der Waals surface area contributed by atoms with Gasteiger partial charge >= 0.3 is 0 Å². The van der Waals surface area contributed by atoms with Gasteiger partial charge in [-0.15, -0.1) is 0 Å². The number of halogens is 2. The van der Waals surface area contributed by atoms with Crippen LogP contribution in [0, 0.1) is 6.92 Å². The van der Waals surface area contributed by atoms with Crippen LogP contribution in [0.3, 0.4) is 0 Å².